The summed E-state index contributed by atoms with van der Waals surface area (Å²) < 4.78 is 2.02. The molecule has 0 spiro atoms. The van der Waals surface area contributed by atoms with Gasteiger partial charge in [0.2, 0.25) is 0 Å². The maximum absolute atomic E-state index is 12.2. The molecule has 1 N–H and O–H groups in total. The van der Waals surface area contributed by atoms with E-state index in [0.717, 1.165) is 21.8 Å². The van der Waals surface area contributed by atoms with Crippen LogP contribution in [-0.2, 0) is 5.75 Å². The molecule has 3 aromatic heterocycles. The molecule has 3 heterocycles. The van der Waals surface area contributed by atoms with Crippen molar-refractivity contribution in [1.82, 2.24) is 19.4 Å². The van der Waals surface area contributed by atoms with Gasteiger partial charge in [0.05, 0.1) is 28.4 Å². The maximum Gasteiger partial charge on any atom is 0.258 e. The van der Waals surface area contributed by atoms with Crippen LogP contribution in [0.4, 0.5) is 0 Å². The summed E-state index contributed by atoms with van der Waals surface area (Å²) in [5.74, 6) is 1.22. The van der Waals surface area contributed by atoms with Crippen LogP contribution in [-0.4, -0.2) is 19.4 Å². The Morgan fingerprint density at radius 2 is 2.13 bits per heavy atom. The van der Waals surface area contributed by atoms with Crippen LogP contribution < -0.4 is 5.56 Å². The first-order valence-corrected chi connectivity index (χ1v) is 8.24. The molecule has 0 saturated heterocycles. The lowest BCUT2D eigenvalue weighted by Crippen LogP contribution is -2.11. The zero-order valence-electron chi connectivity index (χ0n) is 12.5. The Morgan fingerprint density at radius 3 is 3.04 bits per heavy atom. The van der Waals surface area contributed by atoms with E-state index in [1.54, 1.807) is 17.8 Å². The molecule has 0 bridgehead atoms. The van der Waals surface area contributed by atoms with Crippen LogP contribution in [0.3, 0.4) is 0 Å². The fourth-order valence-corrected chi connectivity index (χ4v) is 3.41. The number of pyridine rings is 1. The first-order chi connectivity index (χ1) is 11.2. The molecule has 0 aliphatic rings. The summed E-state index contributed by atoms with van der Waals surface area (Å²) in [6.07, 6.45) is 3.81. The number of nitrogens with one attached hydrogen (secondary N) is 1. The molecule has 0 saturated carbocycles. The molecule has 4 rings (SSSR count). The van der Waals surface area contributed by atoms with Crippen LogP contribution in [0.5, 0.6) is 0 Å². The molecule has 23 heavy (non-hydrogen) atoms. The van der Waals surface area contributed by atoms with Crippen LogP contribution in [0.25, 0.3) is 16.4 Å². The molecule has 0 fully saturated rings. The largest absolute Gasteiger partial charge is 0.309 e. The van der Waals surface area contributed by atoms with E-state index < -0.39 is 0 Å². The van der Waals surface area contributed by atoms with Gasteiger partial charge in [0.1, 0.15) is 5.82 Å². The lowest BCUT2D eigenvalue weighted by molar-refractivity contribution is 0.950. The Balaban J connectivity index is 1.68. The topological polar surface area (TPSA) is 63.0 Å². The number of hydrogen-bond acceptors (Lipinski definition) is 4. The monoisotopic (exact) mass is 322 g/mol. The third-order valence-corrected chi connectivity index (χ3v) is 4.71. The second kappa shape index (κ2) is 5.55. The SMILES string of the molecule is Cc1cccc2c(=O)[nH]c(CSc3ncc4ccccn34)nc12. The van der Waals surface area contributed by atoms with Crippen LogP contribution in [0, 0.1) is 6.92 Å². The molecule has 1 aromatic carbocycles. The maximum atomic E-state index is 12.2. The number of aromatic amines is 1. The number of para-hydroxylation sites is 1. The number of nitrogens with zero attached hydrogens (tertiary/aromatic N) is 3. The molecule has 5 nitrogen and oxygen atoms in total. The van der Waals surface area contributed by atoms with Gasteiger partial charge >= 0.3 is 0 Å². The lowest BCUT2D eigenvalue weighted by atomic mass is 10.1. The molecule has 0 amide bonds. The number of thioether (sulfide) groups is 1. The van der Waals surface area contributed by atoms with Gasteiger partial charge in [-0.3, -0.25) is 9.20 Å². The van der Waals surface area contributed by atoms with Crippen LogP contribution in [0.1, 0.15) is 11.4 Å². The molecule has 0 aliphatic heterocycles. The number of H-pyrrole nitrogens is 1. The van der Waals surface area contributed by atoms with Crippen LogP contribution in [0.2, 0.25) is 0 Å². The van der Waals surface area contributed by atoms with Crippen molar-refractivity contribution in [3.63, 3.8) is 0 Å². The summed E-state index contributed by atoms with van der Waals surface area (Å²) in [6, 6.07) is 11.6. The van der Waals surface area contributed by atoms with E-state index >= 15 is 0 Å². The van der Waals surface area contributed by atoms with Crippen molar-refractivity contribution in [2.45, 2.75) is 17.8 Å². The second-order valence-corrected chi connectivity index (χ2v) is 6.25. The molecule has 0 atom stereocenters. The van der Waals surface area contributed by atoms with Gasteiger partial charge in [0.25, 0.3) is 5.56 Å². The van der Waals surface area contributed by atoms with E-state index in [9.17, 15) is 4.79 Å². The summed E-state index contributed by atoms with van der Waals surface area (Å²) >= 11 is 1.55. The summed E-state index contributed by atoms with van der Waals surface area (Å²) in [4.78, 5) is 24.1. The Hall–Kier alpha value is -2.60. The normalized spacial score (nSPS) is 11.3. The minimum Gasteiger partial charge on any atom is -0.309 e. The standard InChI is InChI=1S/C17H14N4OS/c1-11-5-4-7-13-15(11)19-14(20-16(13)22)10-23-17-18-9-12-6-2-3-8-21(12)17/h2-9H,10H2,1H3,(H,19,20,22). The van der Waals surface area contributed by atoms with Gasteiger partial charge < -0.3 is 4.98 Å². The minimum absolute atomic E-state index is 0.0951. The van der Waals surface area contributed by atoms with E-state index in [0.29, 0.717) is 17.0 Å². The van der Waals surface area contributed by atoms with Gasteiger partial charge in [0, 0.05) is 6.20 Å². The lowest BCUT2D eigenvalue weighted by Gasteiger charge is -2.05. The molecular weight excluding hydrogens is 308 g/mol. The predicted octanol–water partition coefficient (Wildman–Crippen LogP) is 3.17. The van der Waals surface area contributed by atoms with Crippen molar-refractivity contribution < 1.29 is 0 Å². The molecule has 0 radical (unpaired) electrons. The number of fused-ring (bicyclic) bond motifs is 2. The number of hydrogen-bond donors (Lipinski definition) is 1. The first-order valence-electron chi connectivity index (χ1n) is 7.26. The number of aromatic nitrogens is 4. The smallest absolute Gasteiger partial charge is 0.258 e. The molecular formula is C17H14N4OS. The Labute approximate surface area is 136 Å². The summed E-state index contributed by atoms with van der Waals surface area (Å²) in [7, 11) is 0. The fourth-order valence-electron chi connectivity index (χ4n) is 2.58. The van der Waals surface area contributed by atoms with Crippen molar-refractivity contribution in [3.05, 3.63) is 70.5 Å². The molecule has 114 valence electrons. The molecule has 6 heteroatoms. The third-order valence-electron chi connectivity index (χ3n) is 3.73. The first kappa shape index (κ1) is 14.0. The van der Waals surface area contributed by atoms with E-state index in [-0.39, 0.29) is 5.56 Å². The van der Waals surface area contributed by atoms with E-state index in [1.165, 1.54) is 0 Å². The van der Waals surface area contributed by atoms with Crippen molar-refractivity contribution in [2.24, 2.45) is 0 Å². The van der Waals surface area contributed by atoms with Crippen molar-refractivity contribution in [1.29, 1.82) is 0 Å². The highest BCUT2D eigenvalue weighted by molar-refractivity contribution is 7.98. The highest BCUT2D eigenvalue weighted by Crippen LogP contribution is 2.22. The second-order valence-electron chi connectivity index (χ2n) is 5.31. The Morgan fingerprint density at radius 1 is 1.22 bits per heavy atom. The van der Waals surface area contributed by atoms with Gasteiger partial charge in [-0.2, -0.15) is 0 Å². The van der Waals surface area contributed by atoms with Crippen LogP contribution >= 0.6 is 11.8 Å². The van der Waals surface area contributed by atoms with Gasteiger partial charge in [-0.25, -0.2) is 9.97 Å². The van der Waals surface area contributed by atoms with Crippen LogP contribution in [0.15, 0.2) is 58.7 Å². The Kier molecular flexibility index (Phi) is 3.38. The number of rotatable bonds is 3. The number of aryl methyl sites for hydroxylation is 1. The van der Waals surface area contributed by atoms with Gasteiger partial charge in [-0.15, -0.1) is 0 Å². The van der Waals surface area contributed by atoms with Crippen molar-refractivity contribution in [2.75, 3.05) is 0 Å². The van der Waals surface area contributed by atoms with E-state index in [1.807, 2.05) is 54.0 Å². The number of benzene rings is 1. The summed E-state index contributed by atoms with van der Waals surface area (Å²) in [6.45, 7) is 1.97. The van der Waals surface area contributed by atoms with Crippen molar-refractivity contribution >= 4 is 28.2 Å². The zero-order valence-corrected chi connectivity index (χ0v) is 13.3. The average molecular weight is 322 g/mol. The predicted molar refractivity (Wildman–Crippen MR) is 91.9 cm³/mol. The van der Waals surface area contributed by atoms with E-state index in [4.69, 9.17) is 0 Å². The average Bonchev–Trinajstić information content (AvgIpc) is 2.97. The van der Waals surface area contributed by atoms with Gasteiger partial charge in [0.15, 0.2) is 5.16 Å². The molecule has 0 aliphatic carbocycles. The van der Waals surface area contributed by atoms with E-state index in [2.05, 4.69) is 15.0 Å². The third kappa shape index (κ3) is 2.51. The molecule has 0 unspecified atom stereocenters. The summed E-state index contributed by atoms with van der Waals surface area (Å²) in [5.41, 5.74) is 2.72. The van der Waals surface area contributed by atoms with Gasteiger partial charge in [-0.1, -0.05) is 30.0 Å². The zero-order chi connectivity index (χ0) is 15.8. The summed E-state index contributed by atoms with van der Waals surface area (Å²) in [5, 5.41) is 1.51. The Bertz CT molecular complexity index is 1070. The fraction of sp³-hybridized carbons (Fsp3) is 0.118. The number of imidazole rings is 1. The quantitative estimate of drug-likeness (QED) is 0.589. The van der Waals surface area contributed by atoms with Crippen molar-refractivity contribution in [3.8, 4) is 0 Å². The highest BCUT2D eigenvalue weighted by atomic mass is 32.2. The highest BCUT2D eigenvalue weighted by Gasteiger charge is 2.08. The molecule has 4 aromatic rings. The minimum atomic E-state index is -0.0951. The van der Waals surface area contributed by atoms with Gasteiger partial charge in [-0.05, 0) is 30.7 Å².